The van der Waals surface area contributed by atoms with Crippen molar-refractivity contribution in [3.63, 3.8) is 0 Å². The number of likely N-dealkylation sites (tertiary alicyclic amines) is 1. The molecule has 0 aliphatic carbocycles. The Morgan fingerprint density at radius 1 is 0.879 bits per heavy atom. The molecule has 1 unspecified atom stereocenters. The van der Waals surface area contributed by atoms with Crippen molar-refractivity contribution in [2.45, 2.75) is 70.6 Å². The Bertz CT molecular complexity index is 968. The Morgan fingerprint density at radius 3 is 1.91 bits per heavy atom. The first-order chi connectivity index (χ1) is 15.9. The Morgan fingerprint density at radius 2 is 1.42 bits per heavy atom. The van der Waals surface area contributed by atoms with Gasteiger partial charge in [-0.2, -0.15) is 0 Å². The van der Waals surface area contributed by atoms with Gasteiger partial charge in [0.05, 0.1) is 5.60 Å². The largest absolute Gasteiger partial charge is 0.374 e. The molecule has 33 heavy (non-hydrogen) atoms. The molecular weight excluding hydrogens is 402 g/mol. The van der Waals surface area contributed by atoms with E-state index < -0.39 is 0 Å². The van der Waals surface area contributed by atoms with Crippen LogP contribution in [-0.4, -0.2) is 29.7 Å². The molecular formula is C31H39NO. The molecule has 1 saturated heterocycles. The number of nitrogens with zero attached hydrogens (tertiary/aromatic N) is 1. The number of hydrogen-bond acceptors (Lipinski definition) is 2. The maximum absolute atomic E-state index is 6.36. The van der Waals surface area contributed by atoms with Gasteiger partial charge in [0.2, 0.25) is 0 Å². The van der Waals surface area contributed by atoms with E-state index in [-0.39, 0.29) is 11.0 Å². The predicted octanol–water partition coefficient (Wildman–Crippen LogP) is 7.19. The smallest absolute Gasteiger partial charge is 0.0781 e. The minimum Gasteiger partial charge on any atom is -0.374 e. The van der Waals surface area contributed by atoms with Crippen LogP contribution in [-0.2, 0) is 16.7 Å². The number of rotatable bonds is 8. The van der Waals surface area contributed by atoms with Crippen LogP contribution in [0.2, 0.25) is 0 Å². The van der Waals surface area contributed by atoms with Crippen molar-refractivity contribution in [3.8, 4) is 0 Å². The van der Waals surface area contributed by atoms with Crippen molar-refractivity contribution < 1.29 is 4.74 Å². The minimum atomic E-state index is -0.238. The van der Waals surface area contributed by atoms with Gasteiger partial charge in [-0.15, -0.1) is 0 Å². The summed E-state index contributed by atoms with van der Waals surface area (Å²) in [5, 5.41) is 0. The van der Waals surface area contributed by atoms with E-state index in [1.165, 1.54) is 22.3 Å². The highest BCUT2D eigenvalue weighted by atomic mass is 16.5. The van der Waals surface area contributed by atoms with E-state index in [9.17, 15) is 0 Å². The Labute approximate surface area is 200 Å². The number of ether oxygens (including phenoxy) is 1. The molecule has 3 aromatic carbocycles. The van der Waals surface area contributed by atoms with Gasteiger partial charge in [0.15, 0.2) is 0 Å². The third-order valence-electron chi connectivity index (χ3n) is 7.46. The molecule has 1 fully saturated rings. The Balaban J connectivity index is 1.75. The molecule has 0 saturated carbocycles. The highest BCUT2D eigenvalue weighted by Gasteiger charge is 2.51. The van der Waals surface area contributed by atoms with E-state index in [1.807, 2.05) is 0 Å². The van der Waals surface area contributed by atoms with E-state index in [0.29, 0.717) is 12.0 Å². The fourth-order valence-corrected chi connectivity index (χ4v) is 5.64. The van der Waals surface area contributed by atoms with Crippen LogP contribution in [0.15, 0.2) is 84.9 Å². The van der Waals surface area contributed by atoms with Crippen molar-refractivity contribution in [1.82, 2.24) is 4.90 Å². The first kappa shape index (κ1) is 23.7. The summed E-state index contributed by atoms with van der Waals surface area (Å²) in [5.74, 6) is 0.555. The van der Waals surface area contributed by atoms with Crippen LogP contribution < -0.4 is 0 Å². The van der Waals surface area contributed by atoms with Crippen molar-refractivity contribution in [1.29, 1.82) is 0 Å². The molecule has 0 radical (unpaired) electrons. The summed E-state index contributed by atoms with van der Waals surface area (Å²) < 4.78 is 6.36. The van der Waals surface area contributed by atoms with Gasteiger partial charge < -0.3 is 4.74 Å². The molecule has 3 aromatic rings. The molecule has 174 valence electrons. The predicted molar refractivity (Wildman–Crippen MR) is 139 cm³/mol. The van der Waals surface area contributed by atoms with E-state index in [0.717, 1.165) is 26.1 Å². The van der Waals surface area contributed by atoms with Crippen LogP contribution in [0.25, 0.3) is 0 Å². The molecule has 2 nitrogen and oxygen atoms in total. The molecule has 0 bridgehead atoms. The molecule has 1 aliphatic heterocycles. The van der Waals surface area contributed by atoms with Crippen LogP contribution in [0.4, 0.5) is 0 Å². The number of hydrogen-bond donors (Lipinski definition) is 0. The fraction of sp³-hybridized carbons (Fsp3) is 0.419. The van der Waals surface area contributed by atoms with Gasteiger partial charge in [-0.25, -0.2) is 0 Å². The van der Waals surface area contributed by atoms with Gasteiger partial charge in [-0.3, -0.25) is 4.90 Å². The van der Waals surface area contributed by atoms with Crippen molar-refractivity contribution in [2.75, 3.05) is 13.2 Å². The van der Waals surface area contributed by atoms with Crippen LogP contribution in [0.1, 0.15) is 69.2 Å². The van der Waals surface area contributed by atoms with Gasteiger partial charge in [0, 0.05) is 31.2 Å². The third kappa shape index (κ3) is 4.93. The van der Waals surface area contributed by atoms with Gasteiger partial charge in [-0.05, 0) is 55.4 Å². The maximum Gasteiger partial charge on any atom is 0.0781 e. The van der Waals surface area contributed by atoms with Crippen molar-refractivity contribution in [2.24, 2.45) is 0 Å². The van der Waals surface area contributed by atoms with E-state index in [4.69, 9.17) is 4.74 Å². The van der Waals surface area contributed by atoms with Crippen LogP contribution in [0, 0.1) is 0 Å². The Hall–Kier alpha value is -2.42. The SMILES string of the molecule is CCOC(C)(C)C1CC(c2ccccc2)(c2ccccc2)CN1Cc1ccc(C(C)C)cc1. The standard InChI is InChI=1S/C31H39NO/c1-6-33-30(4,5)29-21-31(27-13-9-7-10-14-27,28-15-11-8-12-16-28)23-32(29)22-25-17-19-26(20-18-25)24(2)3/h7-20,24,29H,6,21-23H2,1-5H3. The normalized spacial score (nSPS) is 18.7. The van der Waals surface area contributed by atoms with Crippen LogP contribution >= 0.6 is 0 Å². The van der Waals surface area contributed by atoms with Gasteiger partial charge >= 0.3 is 0 Å². The summed E-state index contributed by atoms with van der Waals surface area (Å²) in [6.07, 6.45) is 1.04. The molecule has 1 atom stereocenters. The maximum atomic E-state index is 6.36. The van der Waals surface area contributed by atoms with E-state index >= 15 is 0 Å². The van der Waals surface area contributed by atoms with Crippen molar-refractivity contribution in [3.05, 3.63) is 107 Å². The third-order valence-corrected chi connectivity index (χ3v) is 7.46. The molecule has 0 spiro atoms. The molecule has 2 heteroatoms. The average molecular weight is 442 g/mol. The molecule has 0 N–H and O–H groups in total. The summed E-state index contributed by atoms with van der Waals surface area (Å²) in [6.45, 7) is 13.8. The van der Waals surface area contributed by atoms with Gasteiger partial charge in [0.25, 0.3) is 0 Å². The Kier molecular flexibility index (Phi) is 7.07. The van der Waals surface area contributed by atoms with E-state index in [1.54, 1.807) is 0 Å². The lowest BCUT2D eigenvalue weighted by atomic mass is 9.71. The minimum absolute atomic E-state index is 0.0561. The second-order valence-electron chi connectivity index (χ2n) is 10.4. The van der Waals surface area contributed by atoms with Gasteiger partial charge in [0.1, 0.15) is 0 Å². The highest BCUT2D eigenvalue weighted by molar-refractivity contribution is 5.42. The quantitative estimate of drug-likeness (QED) is 0.367. The highest BCUT2D eigenvalue weighted by Crippen LogP contribution is 2.47. The fourth-order valence-electron chi connectivity index (χ4n) is 5.64. The summed E-state index contributed by atoms with van der Waals surface area (Å²) in [6, 6.07) is 31.7. The van der Waals surface area contributed by atoms with Crippen LogP contribution in [0.5, 0.6) is 0 Å². The molecule has 1 heterocycles. The van der Waals surface area contributed by atoms with Gasteiger partial charge in [-0.1, -0.05) is 98.8 Å². The zero-order valence-corrected chi connectivity index (χ0v) is 20.9. The first-order valence-electron chi connectivity index (χ1n) is 12.4. The lowest BCUT2D eigenvalue weighted by molar-refractivity contribution is -0.0651. The zero-order valence-electron chi connectivity index (χ0n) is 20.9. The second kappa shape index (κ2) is 9.83. The summed E-state index contributed by atoms with van der Waals surface area (Å²) >= 11 is 0. The second-order valence-corrected chi connectivity index (χ2v) is 10.4. The first-order valence-corrected chi connectivity index (χ1v) is 12.4. The average Bonchev–Trinajstić information content (AvgIpc) is 3.22. The summed E-state index contributed by atoms with van der Waals surface area (Å²) in [4.78, 5) is 2.67. The van der Waals surface area contributed by atoms with E-state index in [2.05, 4.69) is 124 Å². The topological polar surface area (TPSA) is 12.5 Å². The van der Waals surface area contributed by atoms with Crippen LogP contribution in [0.3, 0.4) is 0 Å². The zero-order chi connectivity index (χ0) is 23.5. The summed E-state index contributed by atoms with van der Waals surface area (Å²) in [7, 11) is 0. The lowest BCUT2D eigenvalue weighted by Crippen LogP contribution is -2.47. The number of benzene rings is 3. The molecule has 0 amide bonds. The summed E-state index contributed by atoms with van der Waals surface area (Å²) in [5.41, 5.74) is 5.26. The molecule has 1 aliphatic rings. The lowest BCUT2D eigenvalue weighted by Gasteiger charge is -2.37. The molecule has 0 aromatic heterocycles. The van der Waals surface area contributed by atoms with Crippen molar-refractivity contribution >= 4 is 0 Å². The molecule has 4 rings (SSSR count). The monoisotopic (exact) mass is 441 g/mol.